The number of hydrogen-bond acceptors (Lipinski definition) is 5. The summed E-state index contributed by atoms with van der Waals surface area (Å²) < 4.78 is 6.26. The van der Waals surface area contributed by atoms with Gasteiger partial charge in [0.05, 0.1) is 0 Å². The van der Waals surface area contributed by atoms with E-state index in [1.807, 2.05) is 0 Å². The van der Waals surface area contributed by atoms with Gasteiger partial charge in [-0.2, -0.15) is 0 Å². The van der Waals surface area contributed by atoms with Crippen LogP contribution in [0.2, 0.25) is 0 Å². The fraction of sp³-hybridized carbons (Fsp3) is 0.304. The number of hydrogen-bond donors (Lipinski definition) is 4. The SMILES string of the molecule is O=C(COc1ccc(Br)cc1)NC(=S)NNC(=O)c1ccc(NC(=O)C2CCCCC2)cc1. The number of halogens is 1. The van der Waals surface area contributed by atoms with Crippen LogP contribution in [0.3, 0.4) is 0 Å². The Balaban J connectivity index is 1.38. The first-order chi connectivity index (χ1) is 15.9. The van der Waals surface area contributed by atoms with Crippen molar-refractivity contribution >= 4 is 56.7 Å². The topological polar surface area (TPSA) is 109 Å². The standard InChI is InChI=1S/C23H25BrN4O4S/c24-17-8-12-19(13-9-17)32-14-20(29)26-23(33)28-27-22(31)16-6-10-18(11-7-16)25-21(30)15-4-2-1-3-5-15/h6-13,15H,1-5,14H2,(H,25,30)(H,27,31)(H2,26,28,29,33). The minimum absolute atomic E-state index is 0.0266. The molecule has 10 heteroatoms. The van der Waals surface area contributed by atoms with E-state index in [9.17, 15) is 14.4 Å². The number of amides is 3. The number of rotatable bonds is 6. The van der Waals surface area contributed by atoms with Gasteiger partial charge in [0.1, 0.15) is 5.75 Å². The summed E-state index contributed by atoms with van der Waals surface area (Å²) >= 11 is 8.33. The Morgan fingerprint density at radius 1 is 0.939 bits per heavy atom. The molecule has 3 amide bonds. The number of nitrogens with one attached hydrogen (secondary N) is 4. The highest BCUT2D eigenvalue weighted by Crippen LogP contribution is 2.25. The number of anilines is 1. The summed E-state index contributed by atoms with van der Waals surface area (Å²) in [6.45, 7) is -0.231. The van der Waals surface area contributed by atoms with Crippen molar-refractivity contribution in [2.75, 3.05) is 11.9 Å². The molecule has 0 saturated heterocycles. The fourth-order valence-corrected chi connectivity index (χ4v) is 3.80. The lowest BCUT2D eigenvalue weighted by Crippen LogP contribution is -2.49. The number of thiocarbonyl (C=S) groups is 1. The van der Waals surface area contributed by atoms with Crippen molar-refractivity contribution in [3.63, 3.8) is 0 Å². The van der Waals surface area contributed by atoms with Gasteiger partial charge in [0.15, 0.2) is 11.7 Å². The molecule has 2 aromatic rings. The second-order valence-electron chi connectivity index (χ2n) is 7.60. The molecule has 0 heterocycles. The van der Waals surface area contributed by atoms with Gasteiger partial charge in [0, 0.05) is 21.6 Å². The molecule has 1 saturated carbocycles. The van der Waals surface area contributed by atoms with Gasteiger partial charge in [-0.05, 0) is 73.6 Å². The molecule has 4 N–H and O–H groups in total. The Labute approximate surface area is 205 Å². The molecule has 174 valence electrons. The molecule has 33 heavy (non-hydrogen) atoms. The van der Waals surface area contributed by atoms with Crippen LogP contribution in [0.15, 0.2) is 53.0 Å². The highest BCUT2D eigenvalue weighted by atomic mass is 79.9. The predicted molar refractivity (Wildman–Crippen MR) is 133 cm³/mol. The maximum absolute atomic E-state index is 12.3. The van der Waals surface area contributed by atoms with Crippen LogP contribution in [0, 0.1) is 5.92 Å². The van der Waals surface area contributed by atoms with Crippen molar-refractivity contribution in [1.82, 2.24) is 16.2 Å². The summed E-state index contributed by atoms with van der Waals surface area (Å²) in [5.41, 5.74) is 5.90. The maximum atomic E-state index is 12.3. The molecule has 8 nitrogen and oxygen atoms in total. The highest BCUT2D eigenvalue weighted by Gasteiger charge is 2.21. The van der Waals surface area contributed by atoms with Crippen LogP contribution in [-0.4, -0.2) is 29.4 Å². The second-order valence-corrected chi connectivity index (χ2v) is 8.92. The minimum Gasteiger partial charge on any atom is -0.484 e. The van der Waals surface area contributed by atoms with Gasteiger partial charge in [-0.25, -0.2) is 0 Å². The maximum Gasteiger partial charge on any atom is 0.269 e. The van der Waals surface area contributed by atoms with Crippen LogP contribution < -0.4 is 26.2 Å². The first-order valence-electron chi connectivity index (χ1n) is 10.6. The van der Waals surface area contributed by atoms with E-state index in [-0.39, 0.29) is 23.5 Å². The van der Waals surface area contributed by atoms with Gasteiger partial charge >= 0.3 is 0 Å². The van der Waals surface area contributed by atoms with E-state index in [2.05, 4.69) is 37.4 Å². The zero-order valence-corrected chi connectivity index (χ0v) is 20.3. The minimum atomic E-state index is -0.470. The Hall–Kier alpha value is -2.98. The Bertz CT molecular complexity index is 993. The molecule has 0 aliphatic heterocycles. The van der Waals surface area contributed by atoms with Gasteiger partial charge < -0.3 is 10.1 Å². The Morgan fingerprint density at radius 3 is 2.27 bits per heavy atom. The first kappa shape index (κ1) is 24.7. The quantitative estimate of drug-likeness (QED) is 0.333. The highest BCUT2D eigenvalue weighted by molar-refractivity contribution is 9.10. The van der Waals surface area contributed by atoms with Gasteiger partial charge in [0.2, 0.25) is 5.91 Å². The summed E-state index contributed by atoms with van der Waals surface area (Å²) in [6, 6.07) is 13.6. The molecular formula is C23H25BrN4O4S. The van der Waals surface area contributed by atoms with Crippen LogP contribution in [0.5, 0.6) is 5.75 Å². The third-order valence-electron chi connectivity index (χ3n) is 5.12. The van der Waals surface area contributed by atoms with Crippen molar-refractivity contribution in [3.8, 4) is 5.75 Å². The molecule has 2 aromatic carbocycles. The molecule has 0 radical (unpaired) electrons. The normalized spacial score (nSPS) is 13.5. The molecule has 1 aliphatic rings. The van der Waals surface area contributed by atoms with Crippen molar-refractivity contribution in [3.05, 3.63) is 58.6 Å². The second kappa shape index (κ2) is 12.3. The first-order valence-corrected chi connectivity index (χ1v) is 11.8. The summed E-state index contributed by atoms with van der Waals surface area (Å²) in [5.74, 6) is -0.286. The smallest absolute Gasteiger partial charge is 0.269 e. The van der Waals surface area contributed by atoms with E-state index in [4.69, 9.17) is 17.0 Å². The number of carbonyl (C=O) groups excluding carboxylic acids is 3. The van der Waals surface area contributed by atoms with Crippen molar-refractivity contribution in [1.29, 1.82) is 0 Å². The third kappa shape index (κ3) is 8.14. The zero-order chi connectivity index (χ0) is 23.6. The lowest BCUT2D eigenvalue weighted by Gasteiger charge is -2.20. The van der Waals surface area contributed by atoms with E-state index in [0.29, 0.717) is 17.0 Å². The summed E-state index contributed by atoms with van der Waals surface area (Å²) in [7, 11) is 0. The largest absolute Gasteiger partial charge is 0.484 e. The fourth-order valence-electron chi connectivity index (χ4n) is 3.37. The van der Waals surface area contributed by atoms with Crippen LogP contribution in [0.1, 0.15) is 42.5 Å². The molecule has 0 bridgehead atoms. The third-order valence-corrected chi connectivity index (χ3v) is 5.85. The average Bonchev–Trinajstić information content (AvgIpc) is 2.83. The van der Waals surface area contributed by atoms with E-state index >= 15 is 0 Å². The van der Waals surface area contributed by atoms with E-state index < -0.39 is 11.8 Å². The number of hydrazine groups is 1. The molecule has 1 aliphatic carbocycles. The lowest BCUT2D eigenvalue weighted by molar-refractivity contribution is -0.122. The summed E-state index contributed by atoms with van der Waals surface area (Å²) in [5, 5.41) is 5.26. The van der Waals surface area contributed by atoms with Crippen LogP contribution in [0.25, 0.3) is 0 Å². The molecule has 0 unspecified atom stereocenters. The lowest BCUT2D eigenvalue weighted by atomic mass is 9.88. The van der Waals surface area contributed by atoms with E-state index in [1.54, 1.807) is 48.5 Å². The zero-order valence-electron chi connectivity index (χ0n) is 17.9. The molecule has 3 rings (SSSR count). The predicted octanol–water partition coefficient (Wildman–Crippen LogP) is 3.68. The van der Waals surface area contributed by atoms with Crippen LogP contribution >= 0.6 is 28.1 Å². The number of carbonyl (C=O) groups is 3. The summed E-state index contributed by atoms with van der Waals surface area (Å²) in [6.07, 6.45) is 5.21. The molecule has 0 spiro atoms. The van der Waals surface area contributed by atoms with E-state index in [0.717, 1.165) is 30.2 Å². The van der Waals surface area contributed by atoms with Crippen molar-refractivity contribution in [2.45, 2.75) is 32.1 Å². The van der Waals surface area contributed by atoms with E-state index in [1.165, 1.54) is 6.42 Å². The average molecular weight is 533 g/mol. The van der Waals surface area contributed by atoms with Crippen molar-refractivity contribution < 1.29 is 19.1 Å². The molecule has 0 atom stereocenters. The summed E-state index contributed by atoms with van der Waals surface area (Å²) in [4.78, 5) is 36.6. The number of ether oxygens (including phenoxy) is 1. The Kier molecular flexibility index (Phi) is 9.20. The Morgan fingerprint density at radius 2 is 1.61 bits per heavy atom. The molecular weight excluding hydrogens is 508 g/mol. The van der Waals surface area contributed by atoms with Crippen LogP contribution in [-0.2, 0) is 9.59 Å². The van der Waals surface area contributed by atoms with Gasteiger partial charge in [-0.15, -0.1) is 0 Å². The van der Waals surface area contributed by atoms with Crippen LogP contribution in [0.4, 0.5) is 5.69 Å². The molecule has 0 aromatic heterocycles. The van der Waals surface area contributed by atoms with Gasteiger partial charge in [-0.1, -0.05) is 35.2 Å². The van der Waals surface area contributed by atoms with Gasteiger partial charge in [-0.3, -0.25) is 30.6 Å². The number of benzene rings is 2. The monoisotopic (exact) mass is 532 g/mol. The van der Waals surface area contributed by atoms with Crippen molar-refractivity contribution in [2.24, 2.45) is 5.92 Å². The van der Waals surface area contributed by atoms with Gasteiger partial charge in [0.25, 0.3) is 11.8 Å². The molecule has 1 fully saturated rings.